The van der Waals surface area contributed by atoms with Crippen molar-refractivity contribution in [2.24, 2.45) is 0 Å². The first-order valence-electron chi connectivity index (χ1n) is 10.1. The Kier molecular flexibility index (Phi) is 4.93. The first kappa shape index (κ1) is 18.8. The van der Waals surface area contributed by atoms with Gasteiger partial charge < -0.3 is 14.8 Å². The van der Waals surface area contributed by atoms with E-state index in [1.165, 1.54) is 0 Å². The SMILES string of the molecule is O=C(c1ccc2cc[nH]c2c1)N1CCCN(c2cc(-c3ccc(Cl)cc3)[nH]n2)CC1. The van der Waals surface area contributed by atoms with Crippen molar-refractivity contribution in [2.75, 3.05) is 31.1 Å². The Balaban J connectivity index is 1.28. The first-order chi connectivity index (χ1) is 14.7. The maximum atomic E-state index is 13.0. The third-order valence-electron chi connectivity index (χ3n) is 5.63. The van der Waals surface area contributed by atoms with Crippen LogP contribution in [0.3, 0.4) is 0 Å². The van der Waals surface area contributed by atoms with Crippen LogP contribution in [0.1, 0.15) is 16.8 Å². The second-order valence-electron chi connectivity index (χ2n) is 7.56. The highest BCUT2D eigenvalue weighted by molar-refractivity contribution is 6.30. The van der Waals surface area contributed by atoms with Gasteiger partial charge >= 0.3 is 0 Å². The number of carbonyl (C=O) groups excluding carboxylic acids is 1. The molecule has 2 N–H and O–H groups in total. The second kappa shape index (κ2) is 7.88. The van der Waals surface area contributed by atoms with Crippen molar-refractivity contribution in [3.8, 4) is 11.3 Å². The van der Waals surface area contributed by atoms with Gasteiger partial charge in [-0.25, -0.2) is 0 Å². The fraction of sp³-hybridized carbons (Fsp3) is 0.217. The van der Waals surface area contributed by atoms with E-state index in [1.54, 1.807) is 0 Å². The van der Waals surface area contributed by atoms with Crippen LogP contribution in [0.2, 0.25) is 5.02 Å². The van der Waals surface area contributed by atoms with Crippen molar-refractivity contribution in [1.29, 1.82) is 0 Å². The van der Waals surface area contributed by atoms with Gasteiger partial charge in [-0.1, -0.05) is 29.8 Å². The Hall–Kier alpha value is -3.25. The molecule has 152 valence electrons. The largest absolute Gasteiger partial charge is 0.361 e. The number of benzene rings is 2. The number of H-pyrrole nitrogens is 2. The minimum absolute atomic E-state index is 0.0808. The summed E-state index contributed by atoms with van der Waals surface area (Å²) in [7, 11) is 0. The van der Waals surface area contributed by atoms with Crippen LogP contribution in [0.5, 0.6) is 0 Å². The van der Waals surface area contributed by atoms with E-state index in [-0.39, 0.29) is 5.91 Å². The van der Waals surface area contributed by atoms with Crippen molar-refractivity contribution in [1.82, 2.24) is 20.1 Å². The van der Waals surface area contributed by atoms with E-state index in [0.29, 0.717) is 11.6 Å². The molecule has 0 radical (unpaired) electrons. The van der Waals surface area contributed by atoms with Crippen molar-refractivity contribution in [3.63, 3.8) is 0 Å². The number of halogens is 1. The lowest BCUT2D eigenvalue weighted by Crippen LogP contribution is -2.35. The van der Waals surface area contributed by atoms with E-state index < -0.39 is 0 Å². The van der Waals surface area contributed by atoms with Crippen LogP contribution >= 0.6 is 11.6 Å². The summed E-state index contributed by atoms with van der Waals surface area (Å²) < 4.78 is 0. The molecule has 30 heavy (non-hydrogen) atoms. The number of amides is 1. The van der Waals surface area contributed by atoms with E-state index in [0.717, 1.165) is 59.6 Å². The average molecular weight is 420 g/mol. The predicted molar refractivity (Wildman–Crippen MR) is 120 cm³/mol. The number of aromatic amines is 2. The number of rotatable bonds is 3. The van der Waals surface area contributed by atoms with Crippen molar-refractivity contribution < 1.29 is 4.79 Å². The van der Waals surface area contributed by atoms with Crippen molar-refractivity contribution in [3.05, 3.63) is 71.4 Å². The number of nitrogens with zero attached hydrogens (tertiary/aromatic N) is 3. The minimum Gasteiger partial charge on any atom is -0.361 e. The zero-order valence-corrected chi connectivity index (χ0v) is 17.2. The summed E-state index contributed by atoms with van der Waals surface area (Å²) in [6.07, 6.45) is 2.80. The number of hydrogen-bond acceptors (Lipinski definition) is 3. The van der Waals surface area contributed by atoms with Gasteiger partial charge in [0.25, 0.3) is 5.91 Å². The van der Waals surface area contributed by atoms with Crippen LogP contribution in [0.25, 0.3) is 22.2 Å². The molecule has 3 heterocycles. The third kappa shape index (κ3) is 3.66. The Bertz CT molecular complexity index is 1180. The summed E-state index contributed by atoms with van der Waals surface area (Å²) >= 11 is 5.98. The van der Waals surface area contributed by atoms with Gasteiger partial charge in [-0.2, -0.15) is 5.10 Å². The van der Waals surface area contributed by atoms with Crippen molar-refractivity contribution in [2.45, 2.75) is 6.42 Å². The van der Waals surface area contributed by atoms with E-state index in [1.807, 2.05) is 59.6 Å². The van der Waals surface area contributed by atoms with Gasteiger partial charge in [-0.05, 0) is 47.7 Å². The fourth-order valence-corrected chi connectivity index (χ4v) is 4.09. The maximum absolute atomic E-state index is 13.0. The highest BCUT2D eigenvalue weighted by Crippen LogP contribution is 2.24. The fourth-order valence-electron chi connectivity index (χ4n) is 3.96. The van der Waals surface area contributed by atoms with Gasteiger partial charge in [0.05, 0.1) is 5.69 Å². The van der Waals surface area contributed by atoms with Gasteiger partial charge in [0.1, 0.15) is 0 Å². The first-order valence-corrected chi connectivity index (χ1v) is 10.5. The Morgan fingerprint density at radius 2 is 1.83 bits per heavy atom. The quantitative estimate of drug-likeness (QED) is 0.511. The van der Waals surface area contributed by atoms with Crippen molar-refractivity contribution >= 4 is 34.2 Å². The minimum atomic E-state index is 0.0808. The molecule has 2 aromatic heterocycles. The molecule has 6 nitrogen and oxygen atoms in total. The summed E-state index contributed by atoms with van der Waals surface area (Å²) in [5, 5.41) is 9.44. The summed E-state index contributed by atoms with van der Waals surface area (Å²) in [6.45, 7) is 3.03. The lowest BCUT2D eigenvalue weighted by atomic mass is 10.1. The number of nitrogens with one attached hydrogen (secondary N) is 2. The number of anilines is 1. The molecule has 0 atom stereocenters. The summed E-state index contributed by atoms with van der Waals surface area (Å²) in [4.78, 5) is 20.4. The molecule has 5 rings (SSSR count). The average Bonchev–Trinajstić information content (AvgIpc) is 3.38. The van der Waals surface area contributed by atoms with E-state index in [4.69, 9.17) is 11.6 Å². The molecule has 1 fully saturated rings. The van der Waals surface area contributed by atoms with Crippen LogP contribution in [-0.4, -0.2) is 52.2 Å². The number of hydrogen-bond donors (Lipinski definition) is 2. The smallest absolute Gasteiger partial charge is 0.253 e. The third-order valence-corrected chi connectivity index (χ3v) is 5.88. The monoisotopic (exact) mass is 419 g/mol. The van der Waals surface area contributed by atoms with E-state index in [9.17, 15) is 4.79 Å². The van der Waals surface area contributed by atoms with Gasteiger partial charge in [-0.15, -0.1) is 0 Å². The Labute approximate surface area is 179 Å². The Morgan fingerprint density at radius 3 is 2.70 bits per heavy atom. The van der Waals surface area contributed by atoms with E-state index in [2.05, 4.69) is 26.1 Å². The molecule has 0 saturated carbocycles. The van der Waals surface area contributed by atoms with Gasteiger partial charge in [0.15, 0.2) is 5.82 Å². The molecule has 1 saturated heterocycles. The lowest BCUT2D eigenvalue weighted by molar-refractivity contribution is 0.0767. The highest BCUT2D eigenvalue weighted by Gasteiger charge is 2.22. The highest BCUT2D eigenvalue weighted by atomic mass is 35.5. The zero-order chi connectivity index (χ0) is 20.5. The molecule has 1 amide bonds. The molecule has 7 heteroatoms. The van der Waals surface area contributed by atoms with Crippen LogP contribution in [0.15, 0.2) is 60.8 Å². The second-order valence-corrected chi connectivity index (χ2v) is 8.00. The molecule has 1 aliphatic heterocycles. The molecule has 0 spiro atoms. The van der Waals surface area contributed by atoms with Crippen LogP contribution in [-0.2, 0) is 0 Å². The summed E-state index contributed by atoms with van der Waals surface area (Å²) in [5.41, 5.74) is 3.72. The molecule has 0 bridgehead atoms. The van der Waals surface area contributed by atoms with Gasteiger partial charge in [0, 0.05) is 54.5 Å². The molecule has 1 aliphatic rings. The topological polar surface area (TPSA) is 68.0 Å². The zero-order valence-electron chi connectivity index (χ0n) is 16.4. The normalized spacial score (nSPS) is 14.8. The van der Waals surface area contributed by atoms with Crippen LogP contribution in [0, 0.1) is 0 Å². The molecule has 4 aromatic rings. The predicted octanol–water partition coefficient (Wildman–Crippen LogP) is 4.56. The Morgan fingerprint density at radius 1 is 0.967 bits per heavy atom. The molecular formula is C23H22ClN5O. The van der Waals surface area contributed by atoms with Crippen LogP contribution in [0.4, 0.5) is 5.82 Å². The number of fused-ring (bicyclic) bond motifs is 1. The van der Waals surface area contributed by atoms with E-state index >= 15 is 0 Å². The molecule has 0 unspecified atom stereocenters. The maximum Gasteiger partial charge on any atom is 0.253 e. The lowest BCUT2D eigenvalue weighted by Gasteiger charge is -2.22. The standard InChI is InChI=1S/C23H22ClN5O/c24-19-6-4-16(5-7-19)21-15-22(27-26-21)28-10-1-11-29(13-12-28)23(30)18-3-2-17-8-9-25-20(17)14-18/h2-9,14-15,25H,1,10-13H2,(H,26,27). The van der Waals surface area contributed by atoms with Gasteiger partial charge in [-0.3, -0.25) is 9.89 Å². The molecular weight excluding hydrogens is 398 g/mol. The summed E-state index contributed by atoms with van der Waals surface area (Å²) in [5.74, 6) is 0.985. The summed E-state index contributed by atoms with van der Waals surface area (Å²) in [6, 6.07) is 17.6. The number of aromatic nitrogens is 3. The molecule has 2 aromatic carbocycles. The molecule has 0 aliphatic carbocycles. The van der Waals surface area contributed by atoms with Gasteiger partial charge in [0.2, 0.25) is 0 Å². The van der Waals surface area contributed by atoms with Crippen LogP contribution < -0.4 is 4.90 Å². The number of carbonyl (C=O) groups is 1.